The molecule has 1 unspecified atom stereocenters. The highest BCUT2D eigenvalue weighted by molar-refractivity contribution is 6.33. The van der Waals surface area contributed by atoms with Gasteiger partial charge in [0.15, 0.2) is 0 Å². The quantitative estimate of drug-likeness (QED) is 0.838. The van der Waals surface area contributed by atoms with Crippen LogP contribution in [0.1, 0.15) is 28.9 Å². The highest BCUT2D eigenvalue weighted by Gasteiger charge is 2.13. The van der Waals surface area contributed by atoms with Crippen LogP contribution in [0.4, 0.5) is 5.69 Å². The van der Waals surface area contributed by atoms with E-state index < -0.39 is 5.97 Å². The number of hydrogen-bond donors (Lipinski definition) is 2. The number of methoxy groups -OCH3 is 1. The molecule has 0 amide bonds. The van der Waals surface area contributed by atoms with Gasteiger partial charge in [-0.2, -0.15) is 0 Å². The Morgan fingerprint density at radius 1 is 1.29 bits per heavy atom. The second-order valence-corrected chi connectivity index (χ2v) is 5.05. The molecule has 0 spiro atoms. The molecule has 0 radical (unpaired) electrons. The van der Waals surface area contributed by atoms with Crippen molar-refractivity contribution in [2.45, 2.75) is 13.0 Å². The zero-order valence-corrected chi connectivity index (χ0v) is 12.5. The number of nitrogens with one attached hydrogen (secondary N) is 1. The zero-order chi connectivity index (χ0) is 15.4. The highest BCUT2D eigenvalue weighted by Crippen LogP contribution is 2.26. The van der Waals surface area contributed by atoms with Crippen molar-refractivity contribution in [2.75, 3.05) is 12.4 Å². The van der Waals surface area contributed by atoms with E-state index in [1.165, 1.54) is 7.11 Å². The topological polar surface area (TPSA) is 58.6 Å². The summed E-state index contributed by atoms with van der Waals surface area (Å²) >= 11 is 5.98. The molecule has 0 aliphatic rings. The Labute approximate surface area is 128 Å². The molecule has 0 heterocycles. The molecule has 0 saturated carbocycles. The van der Waals surface area contributed by atoms with Gasteiger partial charge in [0.1, 0.15) is 5.75 Å². The summed E-state index contributed by atoms with van der Waals surface area (Å²) in [5.74, 6) is -0.263. The van der Waals surface area contributed by atoms with E-state index in [0.29, 0.717) is 10.6 Å². The second kappa shape index (κ2) is 6.50. The smallest absolute Gasteiger partial charge is 0.339 e. The molecule has 5 heteroatoms. The second-order valence-electron chi connectivity index (χ2n) is 4.65. The summed E-state index contributed by atoms with van der Waals surface area (Å²) < 4.78 is 4.69. The molecule has 2 N–H and O–H groups in total. The average molecular weight is 306 g/mol. The van der Waals surface area contributed by atoms with Crippen LogP contribution in [-0.4, -0.2) is 18.2 Å². The summed E-state index contributed by atoms with van der Waals surface area (Å²) in [6.07, 6.45) is 0. The molecule has 4 nitrogen and oxygen atoms in total. The fourth-order valence-corrected chi connectivity index (χ4v) is 2.20. The molecule has 0 saturated heterocycles. The standard InChI is InChI=1S/C16H16ClNO3/c1-10(11-4-3-5-13(19)8-11)18-12-6-7-15(17)14(9-12)16(20)21-2/h3-10,18-19H,1-2H3. The molecular formula is C16H16ClNO3. The molecule has 2 rings (SSSR count). The summed E-state index contributed by atoms with van der Waals surface area (Å²) in [4.78, 5) is 11.6. The predicted octanol–water partition coefficient (Wildman–Crippen LogP) is 4.01. The van der Waals surface area contributed by atoms with Crippen LogP contribution < -0.4 is 5.32 Å². The molecule has 1 atom stereocenters. The van der Waals surface area contributed by atoms with E-state index in [1.807, 2.05) is 13.0 Å². The summed E-state index contributed by atoms with van der Waals surface area (Å²) in [5.41, 5.74) is 1.99. The molecule has 21 heavy (non-hydrogen) atoms. The van der Waals surface area contributed by atoms with Gasteiger partial charge in [-0.15, -0.1) is 0 Å². The number of carbonyl (C=O) groups is 1. The van der Waals surface area contributed by atoms with E-state index in [9.17, 15) is 9.90 Å². The predicted molar refractivity (Wildman–Crippen MR) is 82.9 cm³/mol. The normalized spacial score (nSPS) is 11.8. The summed E-state index contributed by atoms with van der Waals surface area (Å²) in [6, 6.07) is 12.0. The molecule has 0 aliphatic heterocycles. The fraction of sp³-hybridized carbons (Fsp3) is 0.188. The molecule has 2 aromatic carbocycles. The van der Waals surface area contributed by atoms with Gasteiger partial charge in [-0.3, -0.25) is 0 Å². The Balaban J connectivity index is 2.21. The van der Waals surface area contributed by atoms with Crippen LogP contribution in [0.15, 0.2) is 42.5 Å². The van der Waals surface area contributed by atoms with Crippen molar-refractivity contribution in [3.8, 4) is 5.75 Å². The van der Waals surface area contributed by atoms with Gasteiger partial charge in [-0.1, -0.05) is 23.7 Å². The minimum absolute atomic E-state index is 0.0382. The van der Waals surface area contributed by atoms with Gasteiger partial charge in [0.25, 0.3) is 0 Å². The number of aromatic hydroxyl groups is 1. The van der Waals surface area contributed by atoms with Gasteiger partial charge in [-0.05, 0) is 42.8 Å². The number of hydrogen-bond acceptors (Lipinski definition) is 4. The lowest BCUT2D eigenvalue weighted by atomic mass is 10.1. The lowest BCUT2D eigenvalue weighted by Crippen LogP contribution is -2.08. The van der Waals surface area contributed by atoms with Gasteiger partial charge in [-0.25, -0.2) is 4.79 Å². The van der Waals surface area contributed by atoms with Crippen LogP contribution in [0.2, 0.25) is 5.02 Å². The third kappa shape index (κ3) is 3.67. The lowest BCUT2D eigenvalue weighted by molar-refractivity contribution is 0.0601. The summed E-state index contributed by atoms with van der Waals surface area (Å²) in [5, 5.41) is 13.1. The maximum Gasteiger partial charge on any atom is 0.339 e. The molecule has 0 bridgehead atoms. The summed E-state index contributed by atoms with van der Waals surface area (Å²) in [7, 11) is 1.31. The van der Waals surface area contributed by atoms with E-state index in [2.05, 4.69) is 5.32 Å². The van der Waals surface area contributed by atoms with E-state index in [1.54, 1.807) is 36.4 Å². The monoisotopic (exact) mass is 305 g/mol. The highest BCUT2D eigenvalue weighted by atomic mass is 35.5. The number of esters is 1. The van der Waals surface area contributed by atoms with Crippen LogP contribution in [0.3, 0.4) is 0 Å². The van der Waals surface area contributed by atoms with E-state index in [4.69, 9.17) is 16.3 Å². The van der Waals surface area contributed by atoms with Crippen molar-refractivity contribution in [2.24, 2.45) is 0 Å². The molecule has 110 valence electrons. The first-order valence-electron chi connectivity index (χ1n) is 6.44. The number of carbonyl (C=O) groups excluding carboxylic acids is 1. The Kier molecular flexibility index (Phi) is 4.70. The SMILES string of the molecule is COC(=O)c1cc(NC(C)c2cccc(O)c2)ccc1Cl. The third-order valence-corrected chi connectivity index (χ3v) is 3.45. The number of rotatable bonds is 4. The van der Waals surface area contributed by atoms with Crippen LogP contribution in [0.5, 0.6) is 5.75 Å². The molecule has 2 aromatic rings. The first kappa shape index (κ1) is 15.2. The Morgan fingerprint density at radius 2 is 2.05 bits per heavy atom. The first-order valence-corrected chi connectivity index (χ1v) is 6.82. The Hall–Kier alpha value is -2.20. The van der Waals surface area contributed by atoms with E-state index in [-0.39, 0.29) is 11.8 Å². The molecule has 0 aliphatic carbocycles. The number of benzene rings is 2. The van der Waals surface area contributed by atoms with E-state index >= 15 is 0 Å². The Morgan fingerprint density at radius 3 is 2.71 bits per heavy atom. The van der Waals surface area contributed by atoms with Crippen LogP contribution in [0, 0.1) is 0 Å². The number of ether oxygens (including phenoxy) is 1. The van der Waals surface area contributed by atoms with Crippen molar-refractivity contribution < 1.29 is 14.6 Å². The van der Waals surface area contributed by atoms with Crippen LogP contribution in [-0.2, 0) is 4.74 Å². The Bertz CT molecular complexity index is 658. The van der Waals surface area contributed by atoms with Crippen LogP contribution >= 0.6 is 11.6 Å². The average Bonchev–Trinajstić information content (AvgIpc) is 2.48. The maximum atomic E-state index is 11.6. The van der Waals surface area contributed by atoms with Crippen molar-refractivity contribution in [1.82, 2.24) is 0 Å². The maximum absolute atomic E-state index is 11.6. The van der Waals surface area contributed by atoms with Gasteiger partial charge < -0.3 is 15.2 Å². The van der Waals surface area contributed by atoms with Gasteiger partial charge >= 0.3 is 5.97 Å². The number of phenols is 1. The molecule has 0 aromatic heterocycles. The van der Waals surface area contributed by atoms with Gasteiger partial charge in [0.2, 0.25) is 0 Å². The van der Waals surface area contributed by atoms with Crippen molar-refractivity contribution in [1.29, 1.82) is 0 Å². The fourth-order valence-electron chi connectivity index (χ4n) is 2.01. The molecular weight excluding hydrogens is 290 g/mol. The number of halogens is 1. The molecule has 0 fully saturated rings. The summed E-state index contributed by atoms with van der Waals surface area (Å²) in [6.45, 7) is 1.96. The third-order valence-electron chi connectivity index (χ3n) is 3.13. The number of anilines is 1. The lowest BCUT2D eigenvalue weighted by Gasteiger charge is -2.16. The minimum Gasteiger partial charge on any atom is -0.508 e. The van der Waals surface area contributed by atoms with Crippen molar-refractivity contribution in [3.63, 3.8) is 0 Å². The van der Waals surface area contributed by atoms with Gasteiger partial charge in [0.05, 0.1) is 17.7 Å². The zero-order valence-electron chi connectivity index (χ0n) is 11.8. The first-order chi connectivity index (χ1) is 10.0. The van der Waals surface area contributed by atoms with Crippen molar-refractivity contribution in [3.05, 3.63) is 58.6 Å². The number of phenolic OH excluding ortho intramolecular Hbond substituents is 1. The largest absolute Gasteiger partial charge is 0.508 e. The van der Waals surface area contributed by atoms with Gasteiger partial charge in [0, 0.05) is 11.7 Å². The minimum atomic E-state index is -0.478. The van der Waals surface area contributed by atoms with Crippen molar-refractivity contribution >= 4 is 23.3 Å². The van der Waals surface area contributed by atoms with Crippen LogP contribution in [0.25, 0.3) is 0 Å². The van der Waals surface area contributed by atoms with E-state index in [0.717, 1.165) is 11.3 Å².